The summed E-state index contributed by atoms with van der Waals surface area (Å²) < 4.78 is 0. The van der Waals surface area contributed by atoms with Gasteiger partial charge in [0.15, 0.2) is 5.96 Å². The number of aryl methyl sites for hydroxylation is 1. The van der Waals surface area contributed by atoms with Gasteiger partial charge in [-0.15, -0.1) is 35.3 Å². The first-order valence-electron chi connectivity index (χ1n) is 5.68. The van der Waals surface area contributed by atoms with Gasteiger partial charge in [-0.1, -0.05) is 6.92 Å². The van der Waals surface area contributed by atoms with E-state index in [9.17, 15) is 0 Å². The molecule has 0 fully saturated rings. The Labute approximate surface area is 125 Å². The molecule has 0 amide bonds. The van der Waals surface area contributed by atoms with Crippen molar-refractivity contribution in [2.75, 3.05) is 7.05 Å². The number of hydrogen-bond donors (Lipinski definition) is 2. The van der Waals surface area contributed by atoms with Gasteiger partial charge in [0.2, 0.25) is 0 Å². The van der Waals surface area contributed by atoms with E-state index >= 15 is 0 Å². The van der Waals surface area contributed by atoms with Crippen molar-refractivity contribution in [3.8, 4) is 0 Å². The third-order valence-corrected chi connectivity index (χ3v) is 3.45. The summed E-state index contributed by atoms with van der Waals surface area (Å²) in [5.41, 5.74) is 0. The van der Waals surface area contributed by atoms with Gasteiger partial charge in [-0.2, -0.15) is 0 Å². The van der Waals surface area contributed by atoms with Gasteiger partial charge in [0.25, 0.3) is 0 Å². The second-order valence-electron chi connectivity index (χ2n) is 3.89. The number of nitrogens with one attached hydrogen (secondary N) is 2. The molecule has 0 aliphatic carbocycles. The van der Waals surface area contributed by atoms with E-state index in [1.54, 1.807) is 7.05 Å². The fourth-order valence-electron chi connectivity index (χ4n) is 1.28. The molecule has 1 atom stereocenters. The van der Waals surface area contributed by atoms with Gasteiger partial charge in [-0.3, -0.25) is 4.99 Å². The molecular formula is C12H22IN3S. The minimum absolute atomic E-state index is 0. The topological polar surface area (TPSA) is 36.4 Å². The van der Waals surface area contributed by atoms with Crippen molar-refractivity contribution in [2.24, 2.45) is 4.99 Å². The van der Waals surface area contributed by atoms with Gasteiger partial charge in [0.1, 0.15) is 0 Å². The molecule has 0 aromatic carbocycles. The van der Waals surface area contributed by atoms with Crippen LogP contribution in [0.3, 0.4) is 0 Å². The molecule has 5 heteroatoms. The van der Waals surface area contributed by atoms with Crippen molar-refractivity contribution in [2.45, 2.75) is 39.8 Å². The molecule has 1 rings (SSSR count). The number of rotatable bonds is 4. The Balaban J connectivity index is 0.00000256. The number of halogens is 1. The number of thiophene rings is 1. The zero-order valence-electron chi connectivity index (χ0n) is 10.9. The zero-order valence-corrected chi connectivity index (χ0v) is 14.1. The van der Waals surface area contributed by atoms with E-state index in [1.807, 2.05) is 11.3 Å². The summed E-state index contributed by atoms with van der Waals surface area (Å²) in [6.07, 6.45) is 1.10. The van der Waals surface area contributed by atoms with Gasteiger partial charge in [0, 0.05) is 22.8 Å². The molecule has 0 aliphatic rings. The molecule has 0 spiro atoms. The lowest BCUT2D eigenvalue weighted by Crippen LogP contribution is -2.41. The van der Waals surface area contributed by atoms with Crippen LogP contribution < -0.4 is 10.6 Å². The highest BCUT2D eigenvalue weighted by molar-refractivity contribution is 14.0. The highest BCUT2D eigenvalue weighted by Gasteiger charge is 2.03. The van der Waals surface area contributed by atoms with Gasteiger partial charge in [-0.25, -0.2) is 0 Å². The summed E-state index contributed by atoms with van der Waals surface area (Å²) in [5, 5.41) is 6.65. The first-order valence-corrected chi connectivity index (χ1v) is 6.49. The Morgan fingerprint density at radius 3 is 2.65 bits per heavy atom. The van der Waals surface area contributed by atoms with E-state index in [-0.39, 0.29) is 24.0 Å². The Kier molecular flexibility index (Phi) is 8.59. The third kappa shape index (κ3) is 6.26. The van der Waals surface area contributed by atoms with Gasteiger partial charge in [-0.05, 0) is 32.4 Å². The van der Waals surface area contributed by atoms with E-state index in [4.69, 9.17) is 0 Å². The van der Waals surface area contributed by atoms with Crippen LogP contribution in [0.4, 0.5) is 0 Å². The van der Waals surface area contributed by atoms with Crippen LogP contribution in [0.5, 0.6) is 0 Å². The van der Waals surface area contributed by atoms with Crippen LogP contribution in [0.2, 0.25) is 0 Å². The van der Waals surface area contributed by atoms with Crippen LogP contribution in [-0.4, -0.2) is 19.0 Å². The highest BCUT2D eigenvalue weighted by atomic mass is 127. The third-order valence-electron chi connectivity index (χ3n) is 2.45. The molecule has 17 heavy (non-hydrogen) atoms. The molecule has 0 saturated carbocycles. The SMILES string of the molecule is CCC(C)NC(=NC)NCc1ccc(C)s1.I. The first-order chi connectivity index (χ1) is 7.65. The quantitative estimate of drug-likeness (QED) is 0.487. The maximum absolute atomic E-state index is 4.20. The van der Waals surface area contributed by atoms with Crippen LogP contribution >= 0.6 is 35.3 Å². The molecule has 1 aromatic rings. The summed E-state index contributed by atoms with van der Waals surface area (Å²) in [7, 11) is 1.80. The Bertz CT molecular complexity index is 349. The van der Waals surface area contributed by atoms with Crippen LogP contribution in [-0.2, 0) is 6.54 Å². The van der Waals surface area contributed by atoms with E-state index in [0.717, 1.165) is 18.9 Å². The molecule has 0 radical (unpaired) electrons. The predicted molar refractivity (Wildman–Crippen MR) is 87.6 cm³/mol. The van der Waals surface area contributed by atoms with Crippen LogP contribution in [0.15, 0.2) is 17.1 Å². The standard InChI is InChI=1S/C12H21N3S.HI/c1-5-9(2)15-12(13-4)14-8-11-7-6-10(3)16-11;/h6-7,9H,5,8H2,1-4H3,(H2,13,14,15);1H. The summed E-state index contributed by atoms with van der Waals surface area (Å²) in [5.74, 6) is 0.875. The second kappa shape index (κ2) is 8.74. The van der Waals surface area contributed by atoms with Crippen LogP contribution in [0.1, 0.15) is 30.0 Å². The minimum Gasteiger partial charge on any atom is -0.354 e. The average Bonchev–Trinajstić information content (AvgIpc) is 2.69. The van der Waals surface area contributed by atoms with Crippen molar-refractivity contribution in [1.82, 2.24) is 10.6 Å². The fourth-order valence-corrected chi connectivity index (χ4v) is 2.11. The normalized spacial score (nSPS) is 12.8. The van der Waals surface area contributed by atoms with Crippen molar-refractivity contribution >= 4 is 41.3 Å². The molecule has 1 aromatic heterocycles. The lowest BCUT2D eigenvalue weighted by atomic mass is 10.3. The molecule has 98 valence electrons. The second-order valence-corrected chi connectivity index (χ2v) is 5.26. The summed E-state index contributed by atoms with van der Waals surface area (Å²) in [4.78, 5) is 6.88. The predicted octanol–water partition coefficient (Wildman–Crippen LogP) is 3.14. The lowest BCUT2D eigenvalue weighted by molar-refractivity contribution is 0.624. The molecule has 0 aliphatic heterocycles. The first kappa shape index (κ1) is 16.7. The molecule has 0 bridgehead atoms. The highest BCUT2D eigenvalue weighted by Crippen LogP contribution is 2.14. The van der Waals surface area contributed by atoms with Gasteiger partial charge >= 0.3 is 0 Å². The molecule has 1 unspecified atom stereocenters. The van der Waals surface area contributed by atoms with Gasteiger partial charge < -0.3 is 10.6 Å². The minimum atomic E-state index is 0. The lowest BCUT2D eigenvalue weighted by Gasteiger charge is -2.15. The van der Waals surface area contributed by atoms with Crippen molar-refractivity contribution in [3.63, 3.8) is 0 Å². The van der Waals surface area contributed by atoms with Crippen molar-refractivity contribution in [3.05, 3.63) is 21.9 Å². The molecule has 0 saturated heterocycles. The monoisotopic (exact) mass is 367 g/mol. The number of nitrogens with zero attached hydrogens (tertiary/aromatic N) is 1. The smallest absolute Gasteiger partial charge is 0.191 e. The maximum atomic E-state index is 4.20. The largest absolute Gasteiger partial charge is 0.354 e. The van der Waals surface area contributed by atoms with E-state index in [1.165, 1.54) is 9.75 Å². The van der Waals surface area contributed by atoms with Gasteiger partial charge in [0.05, 0.1) is 6.54 Å². The Morgan fingerprint density at radius 2 is 2.18 bits per heavy atom. The van der Waals surface area contributed by atoms with E-state index < -0.39 is 0 Å². The Morgan fingerprint density at radius 1 is 1.47 bits per heavy atom. The zero-order chi connectivity index (χ0) is 12.0. The van der Waals surface area contributed by atoms with Crippen molar-refractivity contribution < 1.29 is 0 Å². The van der Waals surface area contributed by atoms with E-state index in [2.05, 4.69) is 48.5 Å². The molecule has 2 N–H and O–H groups in total. The Hall–Kier alpha value is -0.300. The van der Waals surface area contributed by atoms with Crippen molar-refractivity contribution in [1.29, 1.82) is 0 Å². The number of hydrogen-bond acceptors (Lipinski definition) is 2. The molecular weight excluding hydrogens is 345 g/mol. The summed E-state index contributed by atoms with van der Waals surface area (Å²) in [6.45, 7) is 7.28. The maximum Gasteiger partial charge on any atom is 0.191 e. The molecule has 3 nitrogen and oxygen atoms in total. The van der Waals surface area contributed by atoms with Crippen LogP contribution in [0.25, 0.3) is 0 Å². The number of guanidine groups is 1. The summed E-state index contributed by atoms with van der Waals surface area (Å²) >= 11 is 1.82. The van der Waals surface area contributed by atoms with Crippen LogP contribution in [0, 0.1) is 6.92 Å². The average molecular weight is 367 g/mol. The fraction of sp³-hybridized carbons (Fsp3) is 0.583. The van der Waals surface area contributed by atoms with E-state index in [0.29, 0.717) is 6.04 Å². The number of aliphatic imine (C=N–C) groups is 1. The molecule has 1 heterocycles. The summed E-state index contributed by atoms with van der Waals surface area (Å²) in [6, 6.07) is 4.76.